The van der Waals surface area contributed by atoms with Gasteiger partial charge in [-0.15, -0.1) is 0 Å². The van der Waals surface area contributed by atoms with Crippen LogP contribution in [0.5, 0.6) is 0 Å². The molecule has 2 amide bonds. The summed E-state index contributed by atoms with van der Waals surface area (Å²) < 4.78 is 2.19. The van der Waals surface area contributed by atoms with Crippen LogP contribution in [0.15, 0.2) is 23.8 Å². The highest BCUT2D eigenvalue weighted by Gasteiger charge is 2.35. The average molecular weight is 396 g/mol. The van der Waals surface area contributed by atoms with Crippen molar-refractivity contribution in [1.82, 2.24) is 14.4 Å². The SMILES string of the molecule is Cc1cc(C)c(-n2c(C)cc(C=C3C(=O)N(C)C(=S)N(C)C3=O)c2C)c(C)c1. The summed E-state index contributed by atoms with van der Waals surface area (Å²) >= 11 is 5.16. The molecule has 1 aliphatic rings. The van der Waals surface area contributed by atoms with E-state index in [1.54, 1.807) is 20.2 Å². The number of hydrogen-bond acceptors (Lipinski definition) is 3. The summed E-state index contributed by atoms with van der Waals surface area (Å²) in [7, 11) is 3.17. The first-order chi connectivity index (χ1) is 13.0. The smallest absolute Gasteiger partial charge is 0.265 e. The highest BCUT2D eigenvalue weighted by Crippen LogP contribution is 2.29. The average Bonchev–Trinajstić information content (AvgIpc) is 2.89. The molecule has 0 spiro atoms. The number of aromatic nitrogens is 1. The lowest BCUT2D eigenvalue weighted by molar-refractivity contribution is -0.132. The Hall–Kier alpha value is -2.73. The van der Waals surface area contributed by atoms with Crippen LogP contribution in [0.1, 0.15) is 33.6 Å². The second kappa shape index (κ2) is 7.02. The van der Waals surface area contributed by atoms with Crippen molar-refractivity contribution in [2.45, 2.75) is 34.6 Å². The summed E-state index contributed by atoms with van der Waals surface area (Å²) in [4.78, 5) is 27.9. The molecule has 0 atom stereocenters. The fraction of sp³-hybridized carbons (Fsp3) is 0.318. The van der Waals surface area contributed by atoms with Gasteiger partial charge in [0.2, 0.25) is 0 Å². The summed E-state index contributed by atoms with van der Waals surface area (Å²) in [6.07, 6.45) is 1.68. The van der Waals surface area contributed by atoms with Gasteiger partial charge in [0.1, 0.15) is 5.57 Å². The van der Waals surface area contributed by atoms with Gasteiger partial charge in [-0.05, 0) is 75.7 Å². The molecule has 3 rings (SSSR count). The molecule has 1 aromatic heterocycles. The van der Waals surface area contributed by atoms with E-state index in [0.29, 0.717) is 0 Å². The molecule has 1 aliphatic heterocycles. The van der Waals surface area contributed by atoms with E-state index in [4.69, 9.17) is 12.2 Å². The van der Waals surface area contributed by atoms with E-state index in [9.17, 15) is 9.59 Å². The Labute approximate surface area is 171 Å². The number of likely N-dealkylation sites (N-methyl/N-ethyl adjacent to an activating group) is 2. The summed E-state index contributed by atoms with van der Waals surface area (Å²) in [5.41, 5.74) is 7.75. The predicted molar refractivity (Wildman–Crippen MR) is 116 cm³/mol. The van der Waals surface area contributed by atoms with Gasteiger partial charge in [0, 0.05) is 25.5 Å². The van der Waals surface area contributed by atoms with E-state index in [0.717, 1.165) is 22.6 Å². The van der Waals surface area contributed by atoms with Crippen molar-refractivity contribution in [2.24, 2.45) is 0 Å². The van der Waals surface area contributed by atoms with Gasteiger partial charge >= 0.3 is 0 Å². The molecule has 2 aromatic rings. The van der Waals surface area contributed by atoms with Crippen molar-refractivity contribution in [3.63, 3.8) is 0 Å². The van der Waals surface area contributed by atoms with E-state index in [2.05, 4.69) is 37.5 Å². The molecule has 0 N–H and O–H groups in total. The van der Waals surface area contributed by atoms with Crippen molar-refractivity contribution in [3.05, 3.63) is 57.4 Å². The zero-order chi connectivity index (χ0) is 20.9. The molecule has 2 heterocycles. The maximum absolute atomic E-state index is 12.6. The van der Waals surface area contributed by atoms with Crippen LogP contribution in [0, 0.1) is 34.6 Å². The van der Waals surface area contributed by atoms with Crippen LogP contribution in [0.25, 0.3) is 11.8 Å². The largest absolute Gasteiger partial charge is 0.317 e. The number of benzene rings is 1. The quantitative estimate of drug-likeness (QED) is 0.443. The molecule has 146 valence electrons. The van der Waals surface area contributed by atoms with Crippen LogP contribution in [-0.2, 0) is 9.59 Å². The van der Waals surface area contributed by atoms with E-state index < -0.39 is 0 Å². The summed E-state index contributed by atoms with van der Waals surface area (Å²) in [6, 6.07) is 6.34. The molecule has 0 aliphatic carbocycles. The second-order valence-corrected chi connectivity index (χ2v) is 7.84. The topological polar surface area (TPSA) is 45.6 Å². The first kappa shape index (κ1) is 20.0. The van der Waals surface area contributed by atoms with Crippen LogP contribution < -0.4 is 0 Å². The lowest BCUT2D eigenvalue weighted by Gasteiger charge is -2.31. The highest BCUT2D eigenvalue weighted by atomic mass is 32.1. The summed E-state index contributed by atoms with van der Waals surface area (Å²) in [5.74, 6) is -0.749. The highest BCUT2D eigenvalue weighted by molar-refractivity contribution is 7.80. The van der Waals surface area contributed by atoms with Gasteiger partial charge in [0.05, 0.1) is 5.69 Å². The molecule has 0 bridgehead atoms. The lowest BCUT2D eigenvalue weighted by atomic mass is 10.0. The number of thiocarbonyl (C=S) groups is 1. The molecule has 1 fully saturated rings. The number of carbonyl (C=O) groups excluding carboxylic acids is 2. The second-order valence-electron chi connectivity index (χ2n) is 7.48. The standard InChI is InChI=1S/C22H25N3O2S/c1-12-8-13(2)19(14(3)9-12)25-15(4)10-17(16(25)5)11-18-20(26)23(6)22(28)24(7)21(18)27/h8-11H,1-7H3. The Morgan fingerprint density at radius 1 is 0.857 bits per heavy atom. The minimum absolute atomic E-state index is 0.121. The number of rotatable bonds is 2. The number of amides is 2. The molecule has 0 saturated carbocycles. The number of aryl methyl sites for hydroxylation is 4. The molecule has 0 unspecified atom stereocenters. The maximum Gasteiger partial charge on any atom is 0.265 e. The van der Waals surface area contributed by atoms with E-state index in [1.807, 2.05) is 19.9 Å². The van der Waals surface area contributed by atoms with Gasteiger partial charge in [0.25, 0.3) is 11.8 Å². The Balaban J connectivity index is 2.16. The molecule has 1 aromatic carbocycles. The van der Waals surface area contributed by atoms with Crippen LogP contribution in [0.4, 0.5) is 0 Å². The van der Waals surface area contributed by atoms with E-state index >= 15 is 0 Å². The van der Waals surface area contributed by atoms with E-state index in [1.165, 1.54) is 26.5 Å². The van der Waals surface area contributed by atoms with Gasteiger partial charge in [-0.2, -0.15) is 0 Å². The van der Waals surface area contributed by atoms with Gasteiger partial charge < -0.3 is 4.57 Å². The third-order valence-corrected chi connectivity index (χ3v) is 5.82. The lowest BCUT2D eigenvalue weighted by Crippen LogP contribution is -2.52. The summed E-state index contributed by atoms with van der Waals surface area (Å²) in [6.45, 7) is 10.3. The third kappa shape index (κ3) is 3.07. The Kier molecular flexibility index (Phi) is 5.02. The minimum Gasteiger partial charge on any atom is -0.317 e. The fourth-order valence-corrected chi connectivity index (χ4v) is 4.10. The van der Waals surface area contributed by atoms with Gasteiger partial charge in [0.15, 0.2) is 5.11 Å². The molecule has 6 heteroatoms. The zero-order valence-electron chi connectivity index (χ0n) is 17.4. The van der Waals surface area contributed by atoms with Crippen LogP contribution in [0.3, 0.4) is 0 Å². The van der Waals surface area contributed by atoms with E-state index in [-0.39, 0.29) is 22.5 Å². The van der Waals surface area contributed by atoms with Gasteiger partial charge in [-0.3, -0.25) is 19.4 Å². The molecular weight excluding hydrogens is 370 g/mol. The molecule has 5 nitrogen and oxygen atoms in total. The van der Waals surface area contributed by atoms with Crippen LogP contribution in [0.2, 0.25) is 0 Å². The fourth-order valence-electron chi connectivity index (χ4n) is 3.93. The Bertz CT molecular complexity index is 1010. The monoisotopic (exact) mass is 395 g/mol. The maximum atomic E-state index is 12.6. The molecule has 1 saturated heterocycles. The Morgan fingerprint density at radius 3 is 1.86 bits per heavy atom. The summed E-state index contributed by atoms with van der Waals surface area (Å²) in [5, 5.41) is 0.212. The minimum atomic E-state index is -0.374. The van der Waals surface area contributed by atoms with Crippen LogP contribution in [-0.4, -0.2) is 45.4 Å². The van der Waals surface area contributed by atoms with Crippen molar-refractivity contribution in [3.8, 4) is 5.69 Å². The zero-order valence-corrected chi connectivity index (χ0v) is 18.2. The van der Waals surface area contributed by atoms with Crippen molar-refractivity contribution in [2.75, 3.05) is 14.1 Å². The molecule has 0 radical (unpaired) electrons. The first-order valence-electron chi connectivity index (χ1n) is 9.13. The number of hydrogen-bond donors (Lipinski definition) is 0. The first-order valence-corrected chi connectivity index (χ1v) is 9.54. The predicted octanol–water partition coefficient (Wildman–Crippen LogP) is 3.62. The third-order valence-electron chi connectivity index (χ3n) is 5.27. The van der Waals surface area contributed by atoms with Crippen LogP contribution >= 0.6 is 12.2 Å². The molecule has 28 heavy (non-hydrogen) atoms. The van der Waals surface area contributed by atoms with Gasteiger partial charge in [-0.1, -0.05) is 17.7 Å². The van der Waals surface area contributed by atoms with Crippen molar-refractivity contribution >= 4 is 35.2 Å². The normalized spacial score (nSPS) is 15.0. The van der Waals surface area contributed by atoms with Crippen molar-refractivity contribution < 1.29 is 9.59 Å². The Morgan fingerprint density at radius 2 is 1.36 bits per heavy atom. The molecular formula is C22H25N3O2S. The van der Waals surface area contributed by atoms with Crippen molar-refractivity contribution in [1.29, 1.82) is 0 Å². The number of carbonyl (C=O) groups is 2. The van der Waals surface area contributed by atoms with Gasteiger partial charge in [-0.25, -0.2) is 0 Å². The number of nitrogens with zero attached hydrogens (tertiary/aromatic N) is 3.